The fraction of sp³-hybridized carbons (Fsp3) is 1.00. The lowest BCUT2D eigenvalue weighted by atomic mass is 9.74. The molecule has 0 radical (unpaired) electrons. The lowest BCUT2D eigenvalue weighted by Crippen LogP contribution is -2.62. The summed E-state index contributed by atoms with van der Waals surface area (Å²) in [5, 5.41) is 7.41. The van der Waals surface area contributed by atoms with Gasteiger partial charge in [0.1, 0.15) is 0 Å². The Morgan fingerprint density at radius 3 is 2.42 bits per heavy atom. The van der Waals surface area contributed by atoms with Crippen molar-refractivity contribution in [3.8, 4) is 0 Å². The molecule has 4 fully saturated rings. The number of hydrogen-bond donors (Lipinski definition) is 2. The topological polar surface area (TPSA) is 30.5 Å². The molecule has 0 aliphatic carbocycles. The van der Waals surface area contributed by atoms with Gasteiger partial charge >= 0.3 is 0 Å². The van der Waals surface area contributed by atoms with Gasteiger partial charge in [0.05, 0.1) is 0 Å². The average Bonchev–Trinajstić information content (AvgIpc) is 3.13. The fourth-order valence-electron chi connectivity index (χ4n) is 5.87. The van der Waals surface area contributed by atoms with E-state index in [1.165, 1.54) is 77.9 Å². The summed E-state index contributed by atoms with van der Waals surface area (Å²) in [6, 6.07) is 2.19. The Morgan fingerprint density at radius 1 is 0.958 bits per heavy atom. The van der Waals surface area contributed by atoms with Crippen LogP contribution >= 0.6 is 0 Å². The SMILES string of the molecule is CC(C)N1CCC2(CNC(CC(C)N3CCCC4(CNC4)C3)C2)C1. The number of likely N-dealkylation sites (tertiary alicyclic amines) is 2. The van der Waals surface area contributed by atoms with Crippen molar-refractivity contribution in [3.63, 3.8) is 0 Å². The van der Waals surface area contributed by atoms with E-state index in [4.69, 9.17) is 0 Å². The molecule has 4 heteroatoms. The van der Waals surface area contributed by atoms with Gasteiger partial charge in [-0.1, -0.05) is 0 Å². The maximum atomic E-state index is 3.90. The molecule has 4 saturated heterocycles. The third-order valence-electron chi connectivity index (χ3n) is 7.58. The van der Waals surface area contributed by atoms with Gasteiger partial charge in [-0.05, 0) is 71.4 Å². The summed E-state index contributed by atoms with van der Waals surface area (Å²) in [4.78, 5) is 5.48. The van der Waals surface area contributed by atoms with Crippen molar-refractivity contribution < 1.29 is 0 Å². The Kier molecular flexibility index (Phi) is 4.70. The van der Waals surface area contributed by atoms with E-state index in [0.717, 1.165) is 12.1 Å². The van der Waals surface area contributed by atoms with E-state index >= 15 is 0 Å². The van der Waals surface area contributed by atoms with Crippen molar-refractivity contribution in [2.45, 2.75) is 71.0 Å². The van der Waals surface area contributed by atoms with Crippen molar-refractivity contribution in [3.05, 3.63) is 0 Å². The highest BCUT2D eigenvalue weighted by molar-refractivity contribution is 5.02. The maximum absolute atomic E-state index is 3.90. The normalized spacial score (nSPS) is 38.2. The first kappa shape index (κ1) is 17.3. The Labute approximate surface area is 148 Å². The third kappa shape index (κ3) is 3.27. The summed E-state index contributed by atoms with van der Waals surface area (Å²) in [6.45, 7) is 16.2. The van der Waals surface area contributed by atoms with Gasteiger partial charge in [0.2, 0.25) is 0 Å². The molecule has 4 nitrogen and oxygen atoms in total. The van der Waals surface area contributed by atoms with Crippen molar-refractivity contribution >= 4 is 0 Å². The van der Waals surface area contributed by atoms with E-state index < -0.39 is 0 Å². The first-order valence-electron chi connectivity index (χ1n) is 10.4. The van der Waals surface area contributed by atoms with Gasteiger partial charge in [-0.15, -0.1) is 0 Å². The van der Waals surface area contributed by atoms with Gasteiger partial charge in [-0.2, -0.15) is 0 Å². The number of hydrogen-bond acceptors (Lipinski definition) is 4. The largest absolute Gasteiger partial charge is 0.315 e. The second-order valence-corrected chi connectivity index (χ2v) is 9.86. The van der Waals surface area contributed by atoms with E-state index in [1.807, 2.05) is 0 Å². The summed E-state index contributed by atoms with van der Waals surface area (Å²) < 4.78 is 0. The second kappa shape index (κ2) is 6.53. The Hall–Kier alpha value is -0.160. The molecule has 0 aromatic rings. The number of rotatable bonds is 4. The minimum atomic E-state index is 0.579. The second-order valence-electron chi connectivity index (χ2n) is 9.86. The number of piperidine rings is 1. The van der Waals surface area contributed by atoms with Crippen molar-refractivity contribution in [1.29, 1.82) is 0 Å². The van der Waals surface area contributed by atoms with Crippen LogP contribution in [0, 0.1) is 10.8 Å². The fourth-order valence-corrected chi connectivity index (χ4v) is 5.87. The van der Waals surface area contributed by atoms with Gasteiger partial charge in [0, 0.05) is 56.3 Å². The zero-order valence-corrected chi connectivity index (χ0v) is 16.1. The first-order valence-corrected chi connectivity index (χ1v) is 10.4. The quantitative estimate of drug-likeness (QED) is 0.822. The lowest BCUT2D eigenvalue weighted by molar-refractivity contribution is 0.0181. The van der Waals surface area contributed by atoms with Crippen molar-refractivity contribution in [1.82, 2.24) is 20.4 Å². The number of nitrogens with zero attached hydrogens (tertiary/aromatic N) is 2. The van der Waals surface area contributed by atoms with Crippen LogP contribution < -0.4 is 10.6 Å². The molecule has 138 valence electrons. The highest BCUT2D eigenvalue weighted by Crippen LogP contribution is 2.41. The summed E-state index contributed by atoms with van der Waals surface area (Å²) >= 11 is 0. The Morgan fingerprint density at radius 2 is 1.75 bits per heavy atom. The molecule has 4 aliphatic heterocycles. The van der Waals surface area contributed by atoms with Gasteiger partial charge in [-0.3, -0.25) is 4.90 Å². The van der Waals surface area contributed by atoms with E-state index in [-0.39, 0.29) is 0 Å². The van der Waals surface area contributed by atoms with Gasteiger partial charge in [0.25, 0.3) is 0 Å². The molecule has 3 atom stereocenters. The van der Waals surface area contributed by atoms with Gasteiger partial charge < -0.3 is 15.5 Å². The van der Waals surface area contributed by atoms with E-state index in [0.29, 0.717) is 16.9 Å². The molecule has 3 unspecified atom stereocenters. The molecule has 0 aromatic carbocycles. The van der Waals surface area contributed by atoms with Crippen molar-refractivity contribution in [2.75, 3.05) is 45.8 Å². The zero-order valence-electron chi connectivity index (χ0n) is 16.1. The van der Waals surface area contributed by atoms with Crippen molar-refractivity contribution in [2.24, 2.45) is 10.8 Å². The van der Waals surface area contributed by atoms with Crippen LogP contribution in [-0.4, -0.2) is 73.7 Å². The predicted molar refractivity (Wildman–Crippen MR) is 100 cm³/mol. The molecular weight excluding hydrogens is 296 g/mol. The summed E-state index contributed by atoms with van der Waals surface area (Å²) in [5.74, 6) is 0. The molecule has 0 aromatic heterocycles. The van der Waals surface area contributed by atoms with Crippen LogP contribution in [0.2, 0.25) is 0 Å². The predicted octanol–water partition coefficient (Wildman–Crippen LogP) is 1.91. The van der Waals surface area contributed by atoms with Gasteiger partial charge in [0.15, 0.2) is 0 Å². The molecule has 2 N–H and O–H groups in total. The van der Waals surface area contributed by atoms with E-state index in [1.54, 1.807) is 0 Å². The van der Waals surface area contributed by atoms with E-state index in [2.05, 4.69) is 41.2 Å². The first-order chi connectivity index (χ1) is 11.5. The molecule has 0 saturated carbocycles. The average molecular weight is 335 g/mol. The van der Waals surface area contributed by atoms with E-state index in [9.17, 15) is 0 Å². The molecule has 0 amide bonds. The number of nitrogens with one attached hydrogen (secondary N) is 2. The zero-order chi connectivity index (χ0) is 16.8. The molecular formula is C20H38N4. The van der Waals surface area contributed by atoms with Crippen LogP contribution in [0.3, 0.4) is 0 Å². The van der Waals surface area contributed by atoms with Crippen LogP contribution in [-0.2, 0) is 0 Å². The standard InChI is InChI=1S/C20H38N4/c1-16(2)23-8-6-19(14-23)10-18(22-13-19)9-17(3)24-7-4-5-20(15-24)11-21-12-20/h16-18,21-22H,4-15H2,1-3H3. The van der Waals surface area contributed by atoms with Crippen LogP contribution in [0.5, 0.6) is 0 Å². The maximum Gasteiger partial charge on any atom is 0.00883 e. The Balaban J connectivity index is 1.29. The highest BCUT2D eigenvalue weighted by atomic mass is 15.2. The van der Waals surface area contributed by atoms with Crippen LogP contribution in [0.25, 0.3) is 0 Å². The minimum absolute atomic E-state index is 0.579. The lowest BCUT2D eigenvalue weighted by Gasteiger charge is -2.51. The molecule has 4 aliphatic rings. The molecule has 24 heavy (non-hydrogen) atoms. The van der Waals surface area contributed by atoms with Crippen LogP contribution in [0.15, 0.2) is 0 Å². The third-order valence-corrected chi connectivity index (χ3v) is 7.58. The summed E-state index contributed by atoms with van der Waals surface area (Å²) in [5.41, 5.74) is 1.20. The minimum Gasteiger partial charge on any atom is -0.315 e. The van der Waals surface area contributed by atoms with Crippen LogP contribution in [0.4, 0.5) is 0 Å². The monoisotopic (exact) mass is 334 g/mol. The smallest absolute Gasteiger partial charge is 0.00883 e. The molecule has 0 bridgehead atoms. The molecule has 2 spiro atoms. The summed E-state index contributed by atoms with van der Waals surface area (Å²) in [6.07, 6.45) is 6.99. The molecule has 4 heterocycles. The highest BCUT2D eigenvalue weighted by Gasteiger charge is 2.46. The van der Waals surface area contributed by atoms with Crippen LogP contribution in [0.1, 0.15) is 52.9 Å². The molecule has 4 rings (SSSR count). The van der Waals surface area contributed by atoms with Gasteiger partial charge in [-0.25, -0.2) is 0 Å². The Bertz CT molecular complexity index is 447. The summed E-state index contributed by atoms with van der Waals surface area (Å²) in [7, 11) is 0.